The maximum atomic E-state index is 12.3. The van der Waals surface area contributed by atoms with E-state index < -0.39 is 17.8 Å². The summed E-state index contributed by atoms with van der Waals surface area (Å²) in [6.45, 7) is 8.22. The molecule has 0 radical (unpaired) electrons. The molecule has 5 heteroatoms. The molecule has 5 nitrogen and oxygen atoms in total. The molecule has 22 heavy (non-hydrogen) atoms. The van der Waals surface area contributed by atoms with Gasteiger partial charge in [-0.15, -0.1) is 0 Å². The van der Waals surface area contributed by atoms with Crippen LogP contribution in [0.2, 0.25) is 0 Å². The van der Waals surface area contributed by atoms with Crippen LogP contribution in [0.1, 0.15) is 47.0 Å². The zero-order valence-corrected chi connectivity index (χ0v) is 14.0. The van der Waals surface area contributed by atoms with Gasteiger partial charge in [0.05, 0.1) is 24.6 Å². The topological polar surface area (TPSA) is 90.1 Å². The first-order valence-corrected chi connectivity index (χ1v) is 8.09. The monoisotopic (exact) mass is 311 g/mol. The molecule has 1 rings (SSSR count). The Bertz CT molecular complexity index is 452. The fourth-order valence-electron chi connectivity index (χ4n) is 2.71. The van der Waals surface area contributed by atoms with Crippen molar-refractivity contribution >= 4 is 11.5 Å². The van der Waals surface area contributed by atoms with Crippen LogP contribution in [0.5, 0.6) is 0 Å². The fourth-order valence-corrected chi connectivity index (χ4v) is 2.71. The van der Waals surface area contributed by atoms with Gasteiger partial charge in [-0.1, -0.05) is 34.1 Å². The number of aliphatic hydroxyl groups is 3. The van der Waals surface area contributed by atoms with Crippen molar-refractivity contribution in [2.75, 3.05) is 13.2 Å². The van der Waals surface area contributed by atoms with Crippen molar-refractivity contribution in [3.05, 3.63) is 11.3 Å². The van der Waals surface area contributed by atoms with Crippen molar-refractivity contribution in [2.45, 2.75) is 53.1 Å². The van der Waals surface area contributed by atoms with Gasteiger partial charge < -0.3 is 15.3 Å². The van der Waals surface area contributed by atoms with Crippen LogP contribution < -0.4 is 0 Å². The Hall–Kier alpha value is -1.20. The second-order valence-corrected chi connectivity index (χ2v) is 6.80. The number of hydrogen-bond donors (Lipinski definition) is 3. The number of ketones is 1. The molecule has 2 unspecified atom stereocenters. The summed E-state index contributed by atoms with van der Waals surface area (Å²) in [5.74, 6) is -0.301. The summed E-state index contributed by atoms with van der Waals surface area (Å²) in [4.78, 5) is 16.6. The van der Waals surface area contributed by atoms with Gasteiger partial charge >= 0.3 is 0 Å². The molecule has 3 N–H and O–H groups in total. The van der Waals surface area contributed by atoms with E-state index in [0.717, 1.165) is 6.42 Å². The van der Waals surface area contributed by atoms with Crippen molar-refractivity contribution in [3.8, 4) is 0 Å². The average molecular weight is 311 g/mol. The summed E-state index contributed by atoms with van der Waals surface area (Å²) >= 11 is 0. The molecule has 0 heterocycles. The van der Waals surface area contributed by atoms with Crippen LogP contribution in [-0.2, 0) is 4.79 Å². The van der Waals surface area contributed by atoms with Crippen LogP contribution in [0.4, 0.5) is 0 Å². The molecular weight excluding hydrogens is 282 g/mol. The Kier molecular flexibility index (Phi) is 7.23. The number of nitrogens with zero attached hydrogens (tertiary/aromatic N) is 1. The molecule has 126 valence electrons. The van der Waals surface area contributed by atoms with Crippen molar-refractivity contribution in [2.24, 2.45) is 22.7 Å². The molecule has 0 aromatic carbocycles. The third-order valence-corrected chi connectivity index (χ3v) is 3.85. The molecular formula is C17H29NO4. The highest BCUT2D eigenvalue weighted by Crippen LogP contribution is 2.34. The van der Waals surface area contributed by atoms with Gasteiger partial charge in [0, 0.05) is 5.71 Å². The SMILES string of the molecule is CC(C)CCC1C(O)=C(C(CC(C)C)=NCCO)C(=O)C1O. The van der Waals surface area contributed by atoms with E-state index in [2.05, 4.69) is 18.8 Å². The van der Waals surface area contributed by atoms with Crippen LogP contribution in [0.3, 0.4) is 0 Å². The molecule has 2 atom stereocenters. The van der Waals surface area contributed by atoms with Gasteiger partial charge in [0.15, 0.2) is 5.78 Å². The predicted octanol–water partition coefficient (Wildman–Crippen LogP) is 2.27. The lowest BCUT2D eigenvalue weighted by Gasteiger charge is -2.15. The molecule has 0 aromatic heterocycles. The van der Waals surface area contributed by atoms with Crippen molar-refractivity contribution < 1.29 is 20.1 Å². The Morgan fingerprint density at radius 1 is 1.23 bits per heavy atom. The quantitative estimate of drug-likeness (QED) is 0.600. The number of carbonyl (C=O) groups excluding carboxylic acids is 1. The van der Waals surface area contributed by atoms with E-state index in [4.69, 9.17) is 5.11 Å². The van der Waals surface area contributed by atoms with Crippen molar-refractivity contribution in [1.29, 1.82) is 0 Å². The van der Waals surface area contributed by atoms with E-state index in [1.54, 1.807) is 0 Å². The van der Waals surface area contributed by atoms with Gasteiger partial charge in [-0.2, -0.15) is 0 Å². The zero-order valence-electron chi connectivity index (χ0n) is 14.0. The molecule has 0 saturated carbocycles. The molecule has 1 aliphatic rings. The highest BCUT2D eigenvalue weighted by Gasteiger charge is 2.42. The Morgan fingerprint density at radius 3 is 2.36 bits per heavy atom. The lowest BCUT2D eigenvalue weighted by atomic mass is 9.94. The van der Waals surface area contributed by atoms with Gasteiger partial charge in [0.2, 0.25) is 0 Å². The van der Waals surface area contributed by atoms with E-state index in [1.807, 2.05) is 13.8 Å². The number of rotatable bonds is 8. The highest BCUT2D eigenvalue weighted by atomic mass is 16.3. The second-order valence-electron chi connectivity index (χ2n) is 6.80. The Labute approximate surface area is 132 Å². The number of aliphatic hydroxyl groups excluding tert-OH is 3. The van der Waals surface area contributed by atoms with E-state index in [1.165, 1.54) is 0 Å². The fraction of sp³-hybridized carbons (Fsp3) is 0.765. The third kappa shape index (κ3) is 4.65. The van der Waals surface area contributed by atoms with Gasteiger partial charge in [0.1, 0.15) is 11.9 Å². The normalized spacial score (nSPS) is 23.3. The molecule has 0 spiro atoms. The molecule has 0 aromatic rings. The van der Waals surface area contributed by atoms with E-state index in [0.29, 0.717) is 24.5 Å². The molecule has 0 aliphatic heterocycles. The number of hydrogen-bond acceptors (Lipinski definition) is 5. The Morgan fingerprint density at radius 2 is 1.86 bits per heavy atom. The van der Waals surface area contributed by atoms with Crippen LogP contribution in [0.15, 0.2) is 16.3 Å². The van der Waals surface area contributed by atoms with Gasteiger partial charge in [0.25, 0.3) is 0 Å². The summed E-state index contributed by atoms with van der Waals surface area (Å²) in [7, 11) is 0. The van der Waals surface area contributed by atoms with E-state index >= 15 is 0 Å². The largest absolute Gasteiger partial charge is 0.511 e. The van der Waals surface area contributed by atoms with E-state index in [-0.39, 0.29) is 30.4 Å². The van der Waals surface area contributed by atoms with Crippen LogP contribution in [0, 0.1) is 17.8 Å². The van der Waals surface area contributed by atoms with Gasteiger partial charge in [-0.25, -0.2) is 0 Å². The zero-order chi connectivity index (χ0) is 16.9. The summed E-state index contributed by atoms with van der Waals surface area (Å²) in [5.41, 5.74) is 0.668. The maximum Gasteiger partial charge on any atom is 0.197 e. The highest BCUT2D eigenvalue weighted by molar-refractivity contribution is 6.25. The lowest BCUT2D eigenvalue weighted by molar-refractivity contribution is -0.123. The molecule has 0 bridgehead atoms. The molecule has 0 amide bonds. The minimum absolute atomic E-state index is 0.0320. The average Bonchev–Trinajstić information content (AvgIpc) is 2.63. The van der Waals surface area contributed by atoms with Crippen LogP contribution in [-0.4, -0.2) is 46.1 Å². The molecule has 0 saturated heterocycles. The van der Waals surface area contributed by atoms with Gasteiger partial charge in [-0.05, 0) is 24.7 Å². The molecule has 1 aliphatic carbocycles. The van der Waals surface area contributed by atoms with Crippen LogP contribution in [0.25, 0.3) is 0 Å². The standard InChI is InChI=1S/C17H29NO4/c1-10(2)5-6-12-15(20)14(17(22)16(12)21)13(9-11(3)4)18-7-8-19/h10-12,16,19-21H,5-9H2,1-4H3. The van der Waals surface area contributed by atoms with E-state index in [9.17, 15) is 15.0 Å². The smallest absolute Gasteiger partial charge is 0.197 e. The summed E-state index contributed by atoms with van der Waals surface area (Å²) in [6, 6.07) is 0. The summed E-state index contributed by atoms with van der Waals surface area (Å²) < 4.78 is 0. The minimum atomic E-state index is -1.18. The molecule has 0 fully saturated rings. The lowest BCUT2D eigenvalue weighted by Crippen LogP contribution is -2.26. The summed E-state index contributed by atoms with van der Waals surface area (Å²) in [6.07, 6.45) is 0.767. The predicted molar refractivity (Wildman–Crippen MR) is 87.1 cm³/mol. The maximum absolute atomic E-state index is 12.3. The van der Waals surface area contributed by atoms with Crippen molar-refractivity contribution in [1.82, 2.24) is 0 Å². The first kappa shape index (κ1) is 18.8. The Balaban J connectivity index is 3.07. The first-order valence-electron chi connectivity index (χ1n) is 8.09. The van der Waals surface area contributed by atoms with Gasteiger partial charge in [-0.3, -0.25) is 9.79 Å². The van der Waals surface area contributed by atoms with Crippen LogP contribution >= 0.6 is 0 Å². The minimum Gasteiger partial charge on any atom is -0.511 e. The van der Waals surface area contributed by atoms with Crippen molar-refractivity contribution in [3.63, 3.8) is 0 Å². The third-order valence-electron chi connectivity index (χ3n) is 3.85. The number of Topliss-reactive ketones (excluding diaryl/α,β-unsaturated/α-hetero) is 1. The summed E-state index contributed by atoms with van der Waals surface area (Å²) in [5, 5.41) is 29.6. The number of aliphatic imine (C=N–C) groups is 1. The first-order chi connectivity index (χ1) is 10.3. The second kappa shape index (κ2) is 8.44. The number of carbonyl (C=O) groups is 1.